The van der Waals surface area contributed by atoms with Crippen LogP contribution < -0.4 is 0 Å². The third-order valence-corrected chi connectivity index (χ3v) is 5.18. The Hall–Kier alpha value is -0.570. The quantitative estimate of drug-likeness (QED) is 0.897. The van der Waals surface area contributed by atoms with Gasteiger partial charge in [0.25, 0.3) is 0 Å². The SMILES string of the molecule is OCC(CC1CCC2(CCCC2)O1)c1cccc(Cl)c1. The molecule has 20 heavy (non-hydrogen) atoms. The second-order valence-electron chi connectivity index (χ2n) is 6.34. The largest absolute Gasteiger partial charge is 0.396 e. The number of ether oxygens (including phenoxy) is 1. The van der Waals surface area contributed by atoms with Crippen molar-refractivity contribution in [3.63, 3.8) is 0 Å². The number of hydrogen-bond acceptors (Lipinski definition) is 2. The van der Waals surface area contributed by atoms with Gasteiger partial charge in [0, 0.05) is 10.9 Å². The number of halogens is 1. The van der Waals surface area contributed by atoms with Gasteiger partial charge in [-0.2, -0.15) is 0 Å². The van der Waals surface area contributed by atoms with Crippen LogP contribution >= 0.6 is 11.6 Å². The Bertz CT molecular complexity index is 454. The average Bonchev–Trinajstić information content (AvgIpc) is 3.07. The zero-order valence-corrected chi connectivity index (χ0v) is 12.6. The van der Waals surface area contributed by atoms with Crippen LogP contribution in [0.3, 0.4) is 0 Å². The number of benzene rings is 1. The number of hydrogen-bond donors (Lipinski definition) is 1. The van der Waals surface area contributed by atoms with E-state index in [0.29, 0.717) is 6.10 Å². The molecule has 3 rings (SSSR count). The van der Waals surface area contributed by atoms with Crippen LogP contribution in [0.15, 0.2) is 24.3 Å². The summed E-state index contributed by atoms with van der Waals surface area (Å²) in [6.45, 7) is 0.160. The second-order valence-corrected chi connectivity index (χ2v) is 6.78. The molecule has 0 bridgehead atoms. The molecular formula is C17H23ClO2. The minimum atomic E-state index is 0.134. The van der Waals surface area contributed by atoms with Gasteiger partial charge in [0.05, 0.1) is 18.3 Å². The summed E-state index contributed by atoms with van der Waals surface area (Å²) in [6, 6.07) is 7.84. The van der Waals surface area contributed by atoms with Crippen LogP contribution in [0.1, 0.15) is 56.4 Å². The molecule has 1 saturated carbocycles. The lowest BCUT2D eigenvalue weighted by molar-refractivity contribution is -0.0427. The van der Waals surface area contributed by atoms with Gasteiger partial charge in [-0.05, 0) is 49.8 Å². The fourth-order valence-electron chi connectivity index (χ4n) is 3.84. The molecule has 0 radical (unpaired) electrons. The first-order valence-corrected chi connectivity index (χ1v) is 8.13. The van der Waals surface area contributed by atoms with Crippen molar-refractivity contribution in [3.05, 3.63) is 34.9 Å². The summed E-state index contributed by atoms with van der Waals surface area (Å²) in [7, 11) is 0. The van der Waals surface area contributed by atoms with Crippen molar-refractivity contribution in [2.75, 3.05) is 6.61 Å². The summed E-state index contributed by atoms with van der Waals surface area (Å²) in [5, 5.41) is 10.4. The van der Waals surface area contributed by atoms with Crippen molar-refractivity contribution >= 4 is 11.6 Å². The van der Waals surface area contributed by atoms with Crippen molar-refractivity contribution in [3.8, 4) is 0 Å². The van der Waals surface area contributed by atoms with E-state index >= 15 is 0 Å². The van der Waals surface area contributed by atoms with Crippen LogP contribution in [-0.4, -0.2) is 23.4 Å². The van der Waals surface area contributed by atoms with Gasteiger partial charge < -0.3 is 9.84 Å². The number of aliphatic hydroxyl groups is 1. The highest BCUT2D eigenvalue weighted by atomic mass is 35.5. The Labute approximate surface area is 126 Å². The first kappa shape index (κ1) is 14.4. The maximum atomic E-state index is 9.69. The molecule has 1 aromatic rings. The summed E-state index contributed by atoms with van der Waals surface area (Å²) < 4.78 is 6.35. The molecule has 1 N–H and O–H groups in total. The van der Waals surface area contributed by atoms with E-state index in [1.54, 1.807) is 0 Å². The zero-order chi connectivity index (χ0) is 14.0. The van der Waals surface area contributed by atoms with Gasteiger partial charge in [-0.3, -0.25) is 0 Å². The Morgan fingerprint density at radius 2 is 2.10 bits per heavy atom. The number of rotatable bonds is 4. The third kappa shape index (κ3) is 3.03. The van der Waals surface area contributed by atoms with Gasteiger partial charge in [-0.15, -0.1) is 0 Å². The van der Waals surface area contributed by atoms with E-state index in [4.69, 9.17) is 16.3 Å². The van der Waals surface area contributed by atoms with Crippen LogP contribution in [0, 0.1) is 0 Å². The average molecular weight is 295 g/mol. The van der Waals surface area contributed by atoms with Gasteiger partial charge in [-0.1, -0.05) is 36.6 Å². The highest BCUT2D eigenvalue weighted by Gasteiger charge is 2.42. The third-order valence-electron chi connectivity index (χ3n) is 4.94. The fourth-order valence-corrected chi connectivity index (χ4v) is 4.04. The molecule has 2 unspecified atom stereocenters. The molecule has 110 valence electrons. The van der Waals surface area contributed by atoms with Crippen molar-refractivity contribution in [2.24, 2.45) is 0 Å². The maximum absolute atomic E-state index is 9.69. The Kier molecular flexibility index (Phi) is 4.34. The summed E-state index contributed by atoms with van der Waals surface area (Å²) in [4.78, 5) is 0. The Morgan fingerprint density at radius 3 is 2.80 bits per heavy atom. The highest BCUT2D eigenvalue weighted by molar-refractivity contribution is 6.30. The molecule has 1 saturated heterocycles. The van der Waals surface area contributed by atoms with Crippen molar-refractivity contribution < 1.29 is 9.84 Å². The molecule has 2 fully saturated rings. The first-order valence-electron chi connectivity index (χ1n) is 7.75. The monoisotopic (exact) mass is 294 g/mol. The molecule has 0 amide bonds. The van der Waals surface area contributed by atoms with Crippen LogP contribution in [-0.2, 0) is 4.74 Å². The normalized spacial score (nSPS) is 26.2. The second kappa shape index (κ2) is 6.05. The first-order chi connectivity index (χ1) is 9.71. The Morgan fingerprint density at radius 1 is 1.30 bits per heavy atom. The lowest BCUT2D eigenvalue weighted by atomic mass is 9.92. The summed E-state index contributed by atoms with van der Waals surface area (Å²) in [6.07, 6.45) is 8.61. The van der Waals surface area contributed by atoms with Crippen LogP contribution in [0.2, 0.25) is 5.02 Å². The summed E-state index contributed by atoms with van der Waals surface area (Å²) in [5.41, 5.74) is 1.30. The summed E-state index contributed by atoms with van der Waals surface area (Å²) >= 11 is 6.05. The van der Waals surface area contributed by atoms with Crippen molar-refractivity contribution in [1.82, 2.24) is 0 Å². The molecule has 3 heteroatoms. The zero-order valence-electron chi connectivity index (χ0n) is 11.9. The molecular weight excluding hydrogens is 272 g/mol. The maximum Gasteiger partial charge on any atom is 0.0687 e. The molecule has 1 aliphatic carbocycles. The molecule has 1 aromatic carbocycles. The van der Waals surface area contributed by atoms with Crippen molar-refractivity contribution in [2.45, 2.75) is 62.6 Å². The van der Waals surface area contributed by atoms with E-state index in [9.17, 15) is 5.11 Å². The molecule has 2 atom stereocenters. The number of aliphatic hydroxyl groups excluding tert-OH is 1. The lowest BCUT2D eigenvalue weighted by Gasteiger charge is -2.25. The minimum Gasteiger partial charge on any atom is -0.396 e. The fraction of sp³-hybridized carbons (Fsp3) is 0.647. The molecule has 0 aromatic heterocycles. The topological polar surface area (TPSA) is 29.5 Å². The van der Waals surface area contributed by atoms with Gasteiger partial charge in [0.1, 0.15) is 0 Å². The van der Waals surface area contributed by atoms with Crippen LogP contribution in [0.5, 0.6) is 0 Å². The van der Waals surface area contributed by atoms with E-state index in [1.807, 2.05) is 24.3 Å². The smallest absolute Gasteiger partial charge is 0.0687 e. The standard InChI is InChI=1S/C17H23ClO2/c18-15-5-3-4-13(10-15)14(12-19)11-16-6-9-17(20-16)7-1-2-8-17/h3-5,10,14,16,19H,1-2,6-9,11-12H2. The van der Waals surface area contributed by atoms with E-state index in [0.717, 1.165) is 23.4 Å². The van der Waals surface area contributed by atoms with Gasteiger partial charge in [0.2, 0.25) is 0 Å². The van der Waals surface area contributed by atoms with Crippen LogP contribution in [0.25, 0.3) is 0 Å². The van der Waals surface area contributed by atoms with Gasteiger partial charge in [0.15, 0.2) is 0 Å². The predicted molar refractivity (Wildman–Crippen MR) is 81.2 cm³/mol. The molecule has 1 aliphatic heterocycles. The summed E-state index contributed by atoms with van der Waals surface area (Å²) in [5.74, 6) is 0.134. The molecule has 1 heterocycles. The Balaban J connectivity index is 1.64. The van der Waals surface area contributed by atoms with E-state index in [1.165, 1.54) is 32.1 Å². The van der Waals surface area contributed by atoms with E-state index in [2.05, 4.69) is 0 Å². The molecule has 2 nitrogen and oxygen atoms in total. The lowest BCUT2D eigenvalue weighted by Crippen LogP contribution is -2.25. The minimum absolute atomic E-state index is 0.134. The molecule has 1 spiro atoms. The highest BCUT2D eigenvalue weighted by Crippen LogP contribution is 2.45. The van der Waals surface area contributed by atoms with Gasteiger partial charge >= 0.3 is 0 Å². The van der Waals surface area contributed by atoms with E-state index < -0.39 is 0 Å². The van der Waals surface area contributed by atoms with Crippen molar-refractivity contribution in [1.29, 1.82) is 0 Å². The van der Waals surface area contributed by atoms with Crippen LogP contribution in [0.4, 0.5) is 0 Å². The molecule has 2 aliphatic rings. The van der Waals surface area contributed by atoms with Gasteiger partial charge in [-0.25, -0.2) is 0 Å². The predicted octanol–water partition coefficient (Wildman–Crippen LogP) is 4.30. The van der Waals surface area contributed by atoms with E-state index in [-0.39, 0.29) is 18.1 Å².